The molecule has 5 nitrogen and oxygen atoms in total. The molecule has 2 aromatic heterocycles. The molecule has 0 aliphatic carbocycles. The minimum atomic E-state index is -0.588. The SMILES string of the molecule is COC(=O)c1ncc(C(C)=O)c2ccoc12. The molecule has 0 bridgehead atoms. The van der Waals surface area contributed by atoms with Gasteiger partial charge >= 0.3 is 5.97 Å². The van der Waals surface area contributed by atoms with Crippen LogP contribution in [0.15, 0.2) is 22.9 Å². The molecule has 0 aliphatic rings. The average Bonchev–Trinajstić information content (AvgIpc) is 2.75. The van der Waals surface area contributed by atoms with E-state index in [0.29, 0.717) is 10.9 Å². The highest BCUT2D eigenvalue weighted by atomic mass is 16.5. The van der Waals surface area contributed by atoms with Crippen molar-refractivity contribution in [3.63, 3.8) is 0 Å². The van der Waals surface area contributed by atoms with Gasteiger partial charge in [-0.1, -0.05) is 0 Å². The van der Waals surface area contributed by atoms with Gasteiger partial charge in [0.1, 0.15) is 0 Å². The molecule has 0 amide bonds. The number of aromatic nitrogens is 1. The zero-order valence-corrected chi connectivity index (χ0v) is 8.81. The summed E-state index contributed by atoms with van der Waals surface area (Å²) >= 11 is 0. The number of fused-ring (bicyclic) bond motifs is 1. The lowest BCUT2D eigenvalue weighted by atomic mass is 10.1. The number of carbonyl (C=O) groups is 2. The van der Waals surface area contributed by atoms with Gasteiger partial charge in [-0.15, -0.1) is 0 Å². The lowest BCUT2D eigenvalue weighted by Gasteiger charge is -2.01. The lowest BCUT2D eigenvalue weighted by molar-refractivity contribution is 0.0594. The summed E-state index contributed by atoms with van der Waals surface area (Å²) in [5.74, 6) is -0.717. The number of pyridine rings is 1. The summed E-state index contributed by atoms with van der Waals surface area (Å²) in [5, 5.41) is 0.572. The maximum Gasteiger partial charge on any atom is 0.360 e. The maximum atomic E-state index is 11.4. The number of rotatable bonds is 2. The van der Waals surface area contributed by atoms with E-state index in [2.05, 4.69) is 9.72 Å². The van der Waals surface area contributed by atoms with Gasteiger partial charge in [-0.25, -0.2) is 9.78 Å². The first-order valence-electron chi connectivity index (χ1n) is 4.60. The predicted molar refractivity (Wildman–Crippen MR) is 55.4 cm³/mol. The quantitative estimate of drug-likeness (QED) is 0.569. The van der Waals surface area contributed by atoms with E-state index in [1.807, 2.05) is 0 Å². The molecule has 2 heterocycles. The van der Waals surface area contributed by atoms with E-state index in [4.69, 9.17) is 4.42 Å². The number of carbonyl (C=O) groups excluding carboxylic acids is 2. The first kappa shape index (κ1) is 10.4. The zero-order chi connectivity index (χ0) is 11.7. The molecule has 0 N–H and O–H groups in total. The summed E-state index contributed by atoms with van der Waals surface area (Å²) in [5.41, 5.74) is 0.781. The minimum Gasteiger partial charge on any atom is -0.464 e. The second kappa shape index (κ2) is 3.77. The molecule has 0 saturated heterocycles. The lowest BCUT2D eigenvalue weighted by Crippen LogP contribution is -2.06. The monoisotopic (exact) mass is 219 g/mol. The highest BCUT2D eigenvalue weighted by Gasteiger charge is 2.18. The molecule has 5 heteroatoms. The van der Waals surface area contributed by atoms with Crippen molar-refractivity contribution in [1.82, 2.24) is 4.98 Å². The fourth-order valence-electron chi connectivity index (χ4n) is 1.48. The summed E-state index contributed by atoms with van der Waals surface area (Å²) in [4.78, 5) is 26.6. The van der Waals surface area contributed by atoms with Crippen molar-refractivity contribution in [2.24, 2.45) is 0 Å². The highest BCUT2D eigenvalue weighted by molar-refractivity contribution is 6.09. The van der Waals surface area contributed by atoms with E-state index in [1.54, 1.807) is 6.07 Å². The number of hydrogen-bond acceptors (Lipinski definition) is 5. The third kappa shape index (κ3) is 1.46. The van der Waals surface area contributed by atoms with Gasteiger partial charge in [0.25, 0.3) is 0 Å². The van der Waals surface area contributed by atoms with E-state index in [0.717, 1.165) is 0 Å². The van der Waals surface area contributed by atoms with Crippen LogP contribution in [-0.2, 0) is 4.74 Å². The van der Waals surface area contributed by atoms with Crippen LogP contribution in [0.4, 0.5) is 0 Å². The maximum absolute atomic E-state index is 11.4. The molecule has 0 radical (unpaired) electrons. The fraction of sp³-hybridized carbons (Fsp3) is 0.182. The van der Waals surface area contributed by atoms with Gasteiger partial charge in [0.15, 0.2) is 17.1 Å². The number of methoxy groups -OCH3 is 1. The Kier molecular flexibility index (Phi) is 2.44. The van der Waals surface area contributed by atoms with Crippen LogP contribution in [0.1, 0.15) is 27.8 Å². The minimum absolute atomic E-state index is 0.0764. The molecule has 0 spiro atoms. The van der Waals surface area contributed by atoms with Crippen LogP contribution in [0.25, 0.3) is 11.0 Å². The van der Waals surface area contributed by atoms with Gasteiger partial charge in [0.2, 0.25) is 0 Å². The largest absolute Gasteiger partial charge is 0.464 e. The molecule has 16 heavy (non-hydrogen) atoms. The molecule has 82 valence electrons. The molecule has 0 aliphatic heterocycles. The van der Waals surface area contributed by atoms with Gasteiger partial charge in [-0.05, 0) is 13.0 Å². The average molecular weight is 219 g/mol. The standard InChI is InChI=1S/C11H9NO4/c1-6(13)8-5-12-9(11(14)15-2)10-7(8)3-4-16-10/h3-5H,1-2H3. The van der Waals surface area contributed by atoms with Gasteiger partial charge in [0, 0.05) is 17.1 Å². The van der Waals surface area contributed by atoms with Gasteiger partial charge < -0.3 is 9.15 Å². The summed E-state index contributed by atoms with van der Waals surface area (Å²) in [7, 11) is 1.26. The van der Waals surface area contributed by atoms with Gasteiger partial charge in [-0.2, -0.15) is 0 Å². The van der Waals surface area contributed by atoms with Gasteiger partial charge in [0.05, 0.1) is 13.4 Å². The summed E-state index contributed by atoms with van der Waals surface area (Å²) in [6, 6.07) is 1.63. The van der Waals surface area contributed by atoms with Crippen molar-refractivity contribution in [2.45, 2.75) is 6.92 Å². The molecule has 0 saturated carbocycles. The third-order valence-corrected chi connectivity index (χ3v) is 2.25. The second-order valence-electron chi connectivity index (χ2n) is 3.23. The summed E-state index contributed by atoms with van der Waals surface area (Å²) in [6.07, 6.45) is 2.76. The van der Waals surface area contributed by atoms with Crippen molar-refractivity contribution in [2.75, 3.05) is 7.11 Å². The van der Waals surface area contributed by atoms with Gasteiger partial charge in [-0.3, -0.25) is 4.79 Å². The van der Waals surface area contributed by atoms with Crippen molar-refractivity contribution in [1.29, 1.82) is 0 Å². The topological polar surface area (TPSA) is 69.4 Å². The summed E-state index contributed by atoms with van der Waals surface area (Å²) < 4.78 is 9.72. The summed E-state index contributed by atoms with van der Waals surface area (Å²) in [6.45, 7) is 1.43. The van der Waals surface area contributed by atoms with E-state index in [9.17, 15) is 9.59 Å². The highest BCUT2D eigenvalue weighted by Crippen LogP contribution is 2.23. The Bertz CT molecular complexity index is 570. The fourth-order valence-corrected chi connectivity index (χ4v) is 1.48. The number of hydrogen-bond donors (Lipinski definition) is 0. The van der Waals surface area contributed by atoms with Crippen LogP contribution in [0.5, 0.6) is 0 Å². The molecule has 0 aromatic carbocycles. The molecule has 2 rings (SSSR count). The number of nitrogens with zero attached hydrogens (tertiary/aromatic N) is 1. The number of furan rings is 1. The van der Waals surface area contributed by atoms with Crippen LogP contribution < -0.4 is 0 Å². The Hall–Kier alpha value is -2.17. The smallest absolute Gasteiger partial charge is 0.360 e. The Balaban J connectivity index is 2.73. The van der Waals surface area contributed by atoms with Crippen molar-refractivity contribution < 1.29 is 18.7 Å². The normalized spacial score (nSPS) is 10.4. The third-order valence-electron chi connectivity index (χ3n) is 2.25. The van der Waals surface area contributed by atoms with E-state index in [1.165, 1.54) is 26.5 Å². The Labute approximate surface area is 91.0 Å². The Morgan fingerprint density at radius 3 is 2.81 bits per heavy atom. The number of esters is 1. The molecular weight excluding hydrogens is 210 g/mol. The van der Waals surface area contributed by atoms with Crippen LogP contribution in [0.2, 0.25) is 0 Å². The number of Topliss-reactive ketones (excluding diaryl/α,β-unsaturated/α-hetero) is 1. The predicted octanol–water partition coefficient (Wildman–Crippen LogP) is 1.82. The zero-order valence-electron chi connectivity index (χ0n) is 8.81. The number of ether oxygens (including phenoxy) is 1. The van der Waals surface area contributed by atoms with Crippen LogP contribution in [-0.4, -0.2) is 23.8 Å². The van der Waals surface area contributed by atoms with Crippen LogP contribution in [0.3, 0.4) is 0 Å². The Morgan fingerprint density at radius 2 is 2.19 bits per heavy atom. The first-order chi connectivity index (χ1) is 7.65. The van der Waals surface area contributed by atoms with Crippen LogP contribution in [0, 0.1) is 0 Å². The second-order valence-corrected chi connectivity index (χ2v) is 3.23. The van der Waals surface area contributed by atoms with Crippen molar-refractivity contribution in [3.05, 3.63) is 29.8 Å². The van der Waals surface area contributed by atoms with E-state index in [-0.39, 0.29) is 17.1 Å². The first-order valence-corrected chi connectivity index (χ1v) is 4.60. The number of ketones is 1. The Morgan fingerprint density at radius 1 is 1.44 bits per heavy atom. The van der Waals surface area contributed by atoms with E-state index < -0.39 is 5.97 Å². The molecule has 0 atom stereocenters. The van der Waals surface area contributed by atoms with Crippen LogP contribution >= 0.6 is 0 Å². The van der Waals surface area contributed by atoms with Crippen molar-refractivity contribution >= 4 is 22.7 Å². The van der Waals surface area contributed by atoms with E-state index >= 15 is 0 Å². The molecule has 2 aromatic rings. The van der Waals surface area contributed by atoms with Crippen molar-refractivity contribution in [3.8, 4) is 0 Å². The molecule has 0 fully saturated rings. The molecular formula is C11H9NO4. The molecule has 0 unspecified atom stereocenters.